The number of carbonyl (C=O) groups excluding carboxylic acids is 1. The second-order valence-corrected chi connectivity index (χ2v) is 6.82. The SMILES string of the molecule is Cc1ccc(C2(C(=O)Nc3ccc(OCC(=O)O)cc3)CCCC2)cc1. The number of carboxylic acid groups (broad SMARTS) is 1. The molecule has 0 bridgehead atoms. The number of nitrogens with one attached hydrogen (secondary N) is 1. The molecule has 5 nitrogen and oxygen atoms in total. The summed E-state index contributed by atoms with van der Waals surface area (Å²) in [5.74, 6) is -0.554. The third kappa shape index (κ3) is 3.87. The molecule has 0 heterocycles. The van der Waals surface area contributed by atoms with Crippen molar-refractivity contribution in [1.29, 1.82) is 0 Å². The zero-order chi connectivity index (χ0) is 18.6. The van der Waals surface area contributed by atoms with Crippen molar-refractivity contribution in [3.8, 4) is 5.75 Å². The summed E-state index contributed by atoms with van der Waals surface area (Å²) in [5, 5.41) is 11.7. The maximum atomic E-state index is 13.1. The summed E-state index contributed by atoms with van der Waals surface area (Å²) in [4.78, 5) is 23.6. The van der Waals surface area contributed by atoms with E-state index in [2.05, 4.69) is 29.6 Å². The number of benzene rings is 2. The van der Waals surface area contributed by atoms with E-state index in [9.17, 15) is 9.59 Å². The van der Waals surface area contributed by atoms with Crippen LogP contribution in [0.5, 0.6) is 5.75 Å². The predicted octanol–water partition coefficient (Wildman–Crippen LogP) is 3.91. The van der Waals surface area contributed by atoms with Gasteiger partial charge in [0.2, 0.25) is 5.91 Å². The summed E-state index contributed by atoms with van der Waals surface area (Å²) in [6.45, 7) is 1.65. The fraction of sp³-hybridized carbons (Fsp3) is 0.333. The average molecular weight is 353 g/mol. The number of amides is 1. The first kappa shape index (κ1) is 18.0. The van der Waals surface area contributed by atoms with Gasteiger partial charge in [-0.2, -0.15) is 0 Å². The number of aryl methyl sites for hydroxylation is 1. The summed E-state index contributed by atoms with van der Waals surface area (Å²) >= 11 is 0. The number of hydrogen-bond donors (Lipinski definition) is 2. The Labute approximate surface area is 153 Å². The lowest BCUT2D eigenvalue weighted by molar-refractivity contribution is -0.139. The van der Waals surface area contributed by atoms with Crippen LogP contribution in [0.25, 0.3) is 0 Å². The molecule has 2 N–H and O–H groups in total. The Bertz CT molecular complexity index is 775. The molecule has 2 aromatic rings. The first-order valence-electron chi connectivity index (χ1n) is 8.83. The van der Waals surface area contributed by atoms with E-state index in [-0.39, 0.29) is 12.5 Å². The fourth-order valence-corrected chi connectivity index (χ4v) is 3.53. The Morgan fingerprint density at radius 1 is 1.04 bits per heavy atom. The smallest absolute Gasteiger partial charge is 0.341 e. The van der Waals surface area contributed by atoms with Gasteiger partial charge in [0.15, 0.2) is 6.61 Å². The Morgan fingerprint density at radius 3 is 2.23 bits per heavy atom. The standard InChI is InChI=1S/C21H23NO4/c1-15-4-6-16(7-5-15)21(12-2-3-13-21)20(25)22-17-8-10-18(11-9-17)26-14-19(23)24/h4-11H,2-3,12-14H2,1H3,(H,22,25)(H,23,24). The molecular formula is C21H23NO4. The summed E-state index contributed by atoms with van der Waals surface area (Å²) in [6.07, 6.45) is 3.79. The van der Waals surface area contributed by atoms with E-state index in [1.807, 2.05) is 6.92 Å². The third-order valence-electron chi connectivity index (χ3n) is 4.97. The summed E-state index contributed by atoms with van der Waals surface area (Å²) in [6, 6.07) is 15.0. The highest BCUT2D eigenvalue weighted by molar-refractivity contribution is 5.99. The zero-order valence-corrected chi connectivity index (χ0v) is 14.8. The van der Waals surface area contributed by atoms with Crippen LogP contribution in [0.2, 0.25) is 0 Å². The van der Waals surface area contributed by atoms with E-state index in [4.69, 9.17) is 9.84 Å². The third-order valence-corrected chi connectivity index (χ3v) is 4.97. The summed E-state index contributed by atoms with van der Waals surface area (Å²) in [7, 11) is 0. The van der Waals surface area contributed by atoms with Crippen molar-refractivity contribution in [2.45, 2.75) is 38.0 Å². The molecule has 2 aromatic carbocycles. The maximum absolute atomic E-state index is 13.1. The van der Waals surface area contributed by atoms with Crippen LogP contribution >= 0.6 is 0 Å². The lowest BCUT2D eigenvalue weighted by Gasteiger charge is -2.28. The highest BCUT2D eigenvalue weighted by atomic mass is 16.5. The number of anilines is 1. The van der Waals surface area contributed by atoms with Gasteiger partial charge in [0.1, 0.15) is 5.75 Å². The molecule has 1 fully saturated rings. The van der Waals surface area contributed by atoms with Gasteiger partial charge in [0, 0.05) is 5.69 Å². The second-order valence-electron chi connectivity index (χ2n) is 6.82. The number of hydrogen-bond acceptors (Lipinski definition) is 3. The molecule has 0 spiro atoms. The van der Waals surface area contributed by atoms with Crippen LogP contribution in [0.15, 0.2) is 48.5 Å². The molecule has 0 atom stereocenters. The molecule has 0 unspecified atom stereocenters. The minimum Gasteiger partial charge on any atom is -0.482 e. The molecule has 136 valence electrons. The molecule has 0 aliphatic heterocycles. The van der Waals surface area contributed by atoms with Gasteiger partial charge in [-0.3, -0.25) is 4.79 Å². The van der Waals surface area contributed by atoms with E-state index in [0.29, 0.717) is 11.4 Å². The normalized spacial score (nSPS) is 15.4. The van der Waals surface area contributed by atoms with Crippen LogP contribution < -0.4 is 10.1 Å². The van der Waals surface area contributed by atoms with Crippen molar-refractivity contribution < 1.29 is 19.4 Å². The van der Waals surface area contributed by atoms with Gasteiger partial charge in [-0.05, 0) is 49.6 Å². The van der Waals surface area contributed by atoms with E-state index in [0.717, 1.165) is 31.2 Å². The Hall–Kier alpha value is -2.82. The molecule has 1 aliphatic carbocycles. The van der Waals surface area contributed by atoms with E-state index in [1.165, 1.54) is 5.56 Å². The van der Waals surface area contributed by atoms with E-state index in [1.54, 1.807) is 24.3 Å². The first-order chi connectivity index (χ1) is 12.5. The maximum Gasteiger partial charge on any atom is 0.341 e. The van der Waals surface area contributed by atoms with Gasteiger partial charge in [0.05, 0.1) is 5.41 Å². The quantitative estimate of drug-likeness (QED) is 0.826. The second kappa shape index (κ2) is 7.60. The molecule has 0 saturated heterocycles. The number of aliphatic carboxylic acids is 1. The summed E-state index contributed by atoms with van der Waals surface area (Å²) < 4.78 is 5.12. The largest absolute Gasteiger partial charge is 0.482 e. The molecule has 1 saturated carbocycles. The lowest BCUT2D eigenvalue weighted by atomic mass is 9.77. The predicted molar refractivity (Wildman–Crippen MR) is 99.5 cm³/mol. The minimum absolute atomic E-state index is 0.0121. The van der Waals surface area contributed by atoms with Crippen molar-refractivity contribution in [3.05, 3.63) is 59.7 Å². The van der Waals surface area contributed by atoms with Crippen molar-refractivity contribution in [2.24, 2.45) is 0 Å². The Kier molecular flexibility index (Phi) is 5.26. The van der Waals surface area contributed by atoms with E-state index >= 15 is 0 Å². The topological polar surface area (TPSA) is 75.6 Å². The van der Waals surface area contributed by atoms with Gasteiger partial charge in [0.25, 0.3) is 0 Å². The van der Waals surface area contributed by atoms with Crippen molar-refractivity contribution in [2.75, 3.05) is 11.9 Å². The molecular weight excluding hydrogens is 330 g/mol. The molecule has 5 heteroatoms. The number of carboxylic acids is 1. The van der Waals surface area contributed by atoms with Gasteiger partial charge >= 0.3 is 5.97 Å². The lowest BCUT2D eigenvalue weighted by Crippen LogP contribution is -2.38. The van der Waals surface area contributed by atoms with Gasteiger partial charge in [-0.1, -0.05) is 42.7 Å². The molecule has 26 heavy (non-hydrogen) atoms. The van der Waals surface area contributed by atoms with Crippen LogP contribution in [0, 0.1) is 6.92 Å². The highest BCUT2D eigenvalue weighted by Crippen LogP contribution is 2.42. The molecule has 0 aromatic heterocycles. The molecule has 0 radical (unpaired) electrons. The van der Waals surface area contributed by atoms with Crippen LogP contribution in [0.1, 0.15) is 36.8 Å². The Balaban J connectivity index is 1.74. The van der Waals surface area contributed by atoms with Crippen LogP contribution in [0.3, 0.4) is 0 Å². The molecule has 3 rings (SSSR count). The average Bonchev–Trinajstić information content (AvgIpc) is 3.13. The minimum atomic E-state index is -1.02. The number of ether oxygens (including phenoxy) is 1. The highest BCUT2D eigenvalue weighted by Gasteiger charge is 2.42. The summed E-state index contributed by atoms with van der Waals surface area (Å²) in [5.41, 5.74) is 2.45. The van der Waals surface area contributed by atoms with Crippen LogP contribution in [-0.4, -0.2) is 23.6 Å². The van der Waals surface area contributed by atoms with Gasteiger partial charge in [-0.15, -0.1) is 0 Å². The fourth-order valence-electron chi connectivity index (χ4n) is 3.53. The first-order valence-corrected chi connectivity index (χ1v) is 8.83. The van der Waals surface area contributed by atoms with Crippen molar-refractivity contribution in [3.63, 3.8) is 0 Å². The van der Waals surface area contributed by atoms with Crippen LogP contribution in [0.4, 0.5) is 5.69 Å². The zero-order valence-electron chi connectivity index (χ0n) is 14.8. The van der Waals surface area contributed by atoms with Crippen molar-refractivity contribution >= 4 is 17.6 Å². The Morgan fingerprint density at radius 2 is 1.65 bits per heavy atom. The van der Waals surface area contributed by atoms with E-state index < -0.39 is 11.4 Å². The van der Waals surface area contributed by atoms with Gasteiger partial charge in [-0.25, -0.2) is 4.79 Å². The molecule has 1 aliphatic rings. The monoisotopic (exact) mass is 353 g/mol. The van der Waals surface area contributed by atoms with Crippen molar-refractivity contribution in [1.82, 2.24) is 0 Å². The molecule has 1 amide bonds. The number of rotatable bonds is 6. The van der Waals surface area contributed by atoms with Crippen LogP contribution in [-0.2, 0) is 15.0 Å². The number of carbonyl (C=O) groups is 2. The van der Waals surface area contributed by atoms with Gasteiger partial charge < -0.3 is 15.2 Å².